The molecule has 0 N–H and O–H groups in total. The van der Waals surface area contributed by atoms with E-state index in [-0.39, 0.29) is 5.82 Å². The van der Waals surface area contributed by atoms with E-state index in [2.05, 4.69) is 31.2 Å². The molecule has 0 aliphatic rings. The van der Waals surface area contributed by atoms with E-state index in [1.165, 1.54) is 23.8 Å². The van der Waals surface area contributed by atoms with Crippen LogP contribution in [0.2, 0.25) is 6.32 Å². The molecule has 0 heterocycles. The van der Waals surface area contributed by atoms with Crippen molar-refractivity contribution in [3.8, 4) is 0 Å². The predicted octanol–water partition coefficient (Wildman–Crippen LogP) is 3.23. The molecule has 0 radical (unpaired) electrons. The fourth-order valence-corrected chi connectivity index (χ4v) is 2.31. The minimum Gasteiger partial charge on any atom is -0.207 e. The number of unbranched alkanes of at least 4 members (excludes halogenated alkanes) is 1. The molecule has 0 nitrogen and oxygen atoms in total. The van der Waals surface area contributed by atoms with Gasteiger partial charge in [0.25, 0.3) is 0 Å². The van der Waals surface area contributed by atoms with E-state index >= 15 is 0 Å². The lowest BCUT2D eigenvalue weighted by atomic mass is 9.38. The van der Waals surface area contributed by atoms with Gasteiger partial charge in [-0.3, -0.25) is 0 Å². The second-order valence-corrected chi connectivity index (χ2v) is 4.66. The summed E-state index contributed by atoms with van der Waals surface area (Å²) >= 11 is 0. The van der Waals surface area contributed by atoms with Gasteiger partial charge in [-0.25, -0.2) is 4.39 Å². The Balaban J connectivity index is 2.27. The molecule has 0 aliphatic carbocycles. The van der Waals surface area contributed by atoms with Crippen molar-refractivity contribution >= 4 is 17.6 Å². The maximum absolute atomic E-state index is 13.0. The van der Waals surface area contributed by atoms with Gasteiger partial charge in [0, 0.05) is 0 Å². The van der Waals surface area contributed by atoms with Crippen molar-refractivity contribution in [1.82, 2.24) is 0 Å². The van der Waals surface area contributed by atoms with Crippen LogP contribution in [0, 0.1) is 5.82 Å². The number of hydrogen-bond acceptors (Lipinski definition) is 0. The lowest BCUT2D eigenvalue weighted by Gasteiger charge is -2.14. The highest BCUT2D eigenvalue weighted by Gasteiger charge is 2.17. The van der Waals surface area contributed by atoms with E-state index in [4.69, 9.17) is 0 Å². The average Bonchev–Trinajstić information content (AvgIpc) is 2.42. The molecule has 0 bridgehead atoms. The second kappa shape index (κ2) is 6.39. The summed E-state index contributed by atoms with van der Waals surface area (Å²) in [6.45, 7) is 2.58. The third-order valence-electron chi connectivity index (χ3n) is 3.32. The van der Waals surface area contributed by atoms with Crippen LogP contribution in [0.4, 0.5) is 4.39 Å². The van der Waals surface area contributed by atoms with Crippen LogP contribution in [0.25, 0.3) is 0 Å². The Hall–Kier alpha value is -1.57. The molecule has 0 spiro atoms. The Morgan fingerprint density at radius 2 is 1.50 bits per heavy atom. The van der Waals surface area contributed by atoms with Crippen molar-refractivity contribution < 1.29 is 4.39 Å². The lowest BCUT2D eigenvalue weighted by molar-refractivity contribution is 0.628. The topological polar surface area (TPSA) is 0 Å². The zero-order chi connectivity index (χ0) is 12.8. The van der Waals surface area contributed by atoms with E-state index in [0.717, 1.165) is 6.32 Å². The van der Waals surface area contributed by atoms with Gasteiger partial charge in [0.05, 0.1) is 0 Å². The van der Waals surface area contributed by atoms with Crippen molar-refractivity contribution in [3.63, 3.8) is 0 Å². The van der Waals surface area contributed by atoms with Crippen LogP contribution in [0.5, 0.6) is 0 Å². The average molecular weight is 240 g/mol. The molecule has 18 heavy (non-hydrogen) atoms. The van der Waals surface area contributed by atoms with Crippen LogP contribution in [-0.2, 0) is 0 Å². The van der Waals surface area contributed by atoms with Crippen molar-refractivity contribution in [3.05, 3.63) is 60.4 Å². The standard InChI is InChI=1S/C16H18BF/c1-2-3-13-17(14-7-5-4-6-8-14)15-9-11-16(18)12-10-15/h4-12H,2-3,13H2,1H3. The molecule has 2 heteroatoms. The molecular formula is C16H18BF. The largest absolute Gasteiger partial charge is 0.209 e. The highest BCUT2D eigenvalue weighted by Crippen LogP contribution is 2.04. The highest BCUT2D eigenvalue weighted by atomic mass is 19.1. The minimum atomic E-state index is -0.166. The van der Waals surface area contributed by atoms with Crippen molar-refractivity contribution in [2.75, 3.05) is 0 Å². The van der Waals surface area contributed by atoms with E-state index in [1.54, 1.807) is 12.1 Å². The van der Waals surface area contributed by atoms with E-state index < -0.39 is 0 Å². The van der Waals surface area contributed by atoms with E-state index in [0.29, 0.717) is 6.71 Å². The van der Waals surface area contributed by atoms with Gasteiger partial charge >= 0.3 is 0 Å². The quantitative estimate of drug-likeness (QED) is 0.704. The normalized spacial score (nSPS) is 10.3. The number of hydrogen-bond donors (Lipinski definition) is 0. The van der Waals surface area contributed by atoms with Crippen LogP contribution >= 0.6 is 0 Å². The van der Waals surface area contributed by atoms with Gasteiger partial charge in [0.1, 0.15) is 5.82 Å². The zero-order valence-corrected chi connectivity index (χ0v) is 10.8. The molecule has 0 saturated heterocycles. The first-order valence-corrected chi connectivity index (χ1v) is 6.61. The van der Waals surface area contributed by atoms with Gasteiger partial charge in [0.15, 0.2) is 0 Å². The van der Waals surface area contributed by atoms with Gasteiger partial charge in [-0.1, -0.05) is 79.5 Å². The Morgan fingerprint density at radius 3 is 2.11 bits per heavy atom. The summed E-state index contributed by atoms with van der Waals surface area (Å²) in [6, 6.07) is 17.4. The Labute approximate surface area is 109 Å². The number of rotatable bonds is 5. The Morgan fingerprint density at radius 1 is 0.889 bits per heavy atom. The number of halogens is 1. The first-order valence-electron chi connectivity index (χ1n) is 6.61. The summed E-state index contributed by atoms with van der Waals surface area (Å²) in [5.74, 6) is -0.166. The summed E-state index contributed by atoms with van der Waals surface area (Å²) in [5, 5.41) is 0. The maximum Gasteiger partial charge on any atom is 0.209 e. The third-order valence-corrected chi connectivity index (χ3v) is 3.32. The predicted molar refractivity (Wildman–Crippen MR) is 77.6 cm³/mol. The molecule has 0 atom stereocenters. The summed E-state index contributed by atoms with van der Waals surface area (Å²) < 4.78 is 13.0. The van der Waals surface area contributed by atoms with Crippen molar-refractivity contribution in [1.29, 1.82) is 0 Å². The first-order chi connectivity index (χ1) is 8.81. The fourth-order valence-electron chi connectivity index (χ4n) is 2.31. The Bertz CT molecular complexity index is 464. The molecule has 0 fully saturated rings. The van der Waals surface area contributed by atoms with Crippen LogP contribution in [0.1, 0.15) is 19.8 Å². The van der Waals surface area contributed by atoms with Crippen LogP contribution < -0.4 is 10.9 Å². The highest BCUT2D eigenvalue weighted by molar-refractivity contribution is 6.85. The molecule has 92 valence electrons. The Kier molecular flexibility index (Phi) is 4.57. The zero-order valence-electron chi connectivity index (χ0n) is 10.8. The minimum absolute atomic E-state index is 0.166. The fraction of sp³-hybridized carbons (Fsp3) is 0.250. The molecule has 2 rings (SSSR count). The third kappa shape index (κ3) is 3.22. The van der Waals surface area contributed by atoms with Crippen LogP contribution in [0.3, 0.4) is 0 Å². The lowest BCUT2D eigenvalue weighted by Crippen LogP contribution is -2.41. The monoisotopic (exact) mass is 240 g/mol. The molecule has 0 aliphatic heterocycles. The summed E-state index contributed by atoms with van der Waals surface area (Å²) in [4.78, 5) is 0. The molecular weight excluding hydrogens is 222 g/mol. The van der Waals surface area contributed by atoms with Gasteiger partial charge in [-0.2, -0.15) is 0 Å². The summed E-state index contributed by atoms with van der Waals surface area (Å²) in [6.07, 6.45) is 3.49. The molecule has 0 saturated carbocycles. The van der Waals surface area contributed by atoms with Crippen molar-refractivity contribution in [2.24, 2.45) is 0 Å². The van der Waals surface area contributed by atoms with Gasteiger partial charge in [0.2, 0.25) is 6.71 Å². The molecule has 2 aromatic rings. The molecule has 2 aromatic carbocycles. The van der Waals surface area contributed by atoms with E-state index in [9.17, 15) is 4.39 Å². The second-order valence-electron chi connectivity index (χ2n) is 4.66. The van der Waals surface area contributed by atoms with E-state index in [1.807, 2.05) is 18.2 Å². The molecule has 0 aromatic heterocycles. The summed E-state index contributed by atoms with van der Waals surface area (Å²) in [7, 11) is 0. The molecule has 0 unspecified atom stereocenters. The van der Waals surface area contributed by atoms with Crippen LogP contribution in [0.15, 0.2) is 54.6 Å². The maximum atomic E-state index is 13.0. The first kappa shape index (κ1) is 12.9. The molecule has 0 amide bonds. The number of benzene rings is 2. The van der Waals surface area contributed by atoms with Gasteiger partial charge in [-0.15, -0.1) is 0 Å². The van der Waals surface area contributed by atoms with Crippen LogP contribution in [-0.4, -0.2) is 6.71 Å². The smallest absolute Gasteiger partial charge is 0.207 e. The summed E-state index contributed by atoms with van der Waals surface area (Å²) in [5.41, 5.74) is 2.52. The van der Waals surface area contributed by atoms with Crippen molar-refractivity contribution in [2.45, 2.75) is 26.1 Å². The van der Waals surface area contributed by atoms with Gasteiger partial charge in [-0.05, 0) is 12.1 Å². The SMILES string of the molecule is CCCCB(c1ccccc1)c1ccc(F)cc1. The van der Waals surface area contributed by atoms with Gasteiger partial charge < -0.3 is 0 Å².